The van der Waals surface area contributed by atoms with Crippen LogP contribution in [0.4, 0.5) is 34.4 Å². The number of fused-ring (bicyclic) bond motifs is 4. The van der Waals surface area contributed by atoms with Gasteiger partial charge in [-0.2, -0.15) is 0 Å². The molecule has 5 aromatic rings. The number of para-hydroxylation sites is 4. The summed E-state index contributed by atoms with van der Waals surface area (Å²) in [5, 5.41) is 0. The monoisotopic (exact) mass is 452 g/mol. The minimum atomic E-state index is 0.749. The predicted octanol–water partition coefficient (Wildman–Crippen LogP) is 7.53. The van der Waals surface area contributed by atoms with Gasteiger partial charge in [0.2, 0.25) is 0 Å². The number of rotatable bonds is 2. The molecule has 0 bridgehead atoms. The SMILES string of the molecule is Cc1nc(N2c3ccccc3Cc3ccccc32)cc(N2c3ccccc3Cc3ccccc32)n1. The second kappa shape index (κ2) is 7.81. The van der Waals surface area contributed by atoms with Crippen LogP contribution >= 0.6 is 0 Å². The van der Waals surface area contributed by atoms with Crippen LogP contribution in [0, 0.1) is 6.92 Å². The summed E-state index contributed by atoms with van der Waals surface area (Å²) in [5.41, 5.74) is 9.92. The van der Waals surface area contributed by atoms with Crippen molar-refractivity contribution in [1.82, 2.24) is 9.97 Å². The second-order valence-corrected chi connectivity index (χ2v) is 9.17. The first kappa shape index (κ1) is 20.0. The van der Waals surface area contributed by atoms with Crippen molar-refractivity contribution in [3.8, 4) is 0 Å². The fourth-order valence-electron chi connectivity index (χ4n) is 5.44. The number of aryl methyl sites for hydroxylation is 1. The first-order valence-corrected chi connectivity index (χ1v) is 12.0. The van der Waals surface area contributed by atoms with Crippen LogP contribution in [0.15, 0.2) is 103 Å². The molecule has 1 aromatic heterocycles. The first-order valence-electron chi connectivity index (χ1n) is 12.0. The standard InChI is InChI=1S/C31H24N4/c1-21-32-30(34-26-14-6-2-10-22(26)18-23-11-3-7-15-27(23)34)20-31(33-21)35-28-16-8-4-12-24(28)19-25-13-5-9-17-29(25)35/h2-17,20H,18-19H2,1H3. The average Bonchev–Trinajstić information content (AvgIpc) is 2.90. The van der Waals surface area contributed by atoms with E-state index in [-0.39, 0.29) is 0 Å². The highest BCUT2D eigenvalue weighted by atomic mass is 15.3. The molecule has 2 aliphatic heterocycles. The van der Waals surface area contributed by atoms with E-state index in [1.54, 1.807) is 0 Å². The highest BCUT2D eigenvalue weighted by molar-refractivity contribution is 5.86. The molecule has 0 N–H and O–H groups in total. The van der Waals surface area contributed by atoms with Gasteiger partial charge in [-0.25, -0.2) is 9.97 Å². The van der Waals surface area contributed by atoms with Gasteiger partial charge in [-0.1, -0.05) is 72.8 Å². The molecule has 4 aromatic carbocycles. The summed E-state index contributed by atoms with van der Waals surface area (Å²) in [6, 6.07) is 36.6. The van der Waals surface area contributed by atoms with E-state index in [0.29, 0.717) is 0 Å². The lowest BCUT2D eigenvalue weighted by atomic mass is 9.95. The molecule has 7 rings (SSSR count). The third-order valence-corrected chi connectivity index (χ3v) is 6.96. The zero-order valence-electron chi connectivity index (χ0n) is 19.5. The van der Waals surface area contributed by atoms with Crippen LogP contribution in [-0.2, 0) is 12.8 Å². The van der Waals surface area contributed by atoms with Gasteiger partial charge in [-0.3, -0.25) is 9.80 Å². The van der Waals surface area contributed by atoms with Gasteiger partial charge in [0.1, 0.15) is 17.5 Å². The fraction of sp³-hybridized carbons (Fsp3) is 0.0968. The van der Waals surface area contributed by atoms with Gasteiger partial charge in [0, 0.05) is 18.9 Å². The van der Waals surface area contributed by atoms with E-state index in [4.69, 9.17) is 9.97 Å². The van der Waals surface area contributed by atoms with E-state index >= 15 is 0 Å². The molecular formula is C31H24N4. The van der Waals surface area contributed by atoms with Crippen LogP contribution in [0.5, 0.6) is 0 Å². The highest BCUT2D eigenvalue weighted by Gasteiger charge is 2.28. The Hall–Kier alpha value is -4.44. The molecule has 168 valence electrons. The Bertz CT molecular complexity index is 1380. The Labute approximate surface area is 205 Å². The largest absolute Gasteiger partial charge is 0.294 e. The molecule has 0 aliphatic carbocycles. The second-order valence-electron chi connectivity index (χ2n) is 9.17. The molecular weight excluding hydrogens is 428 g/mol. The van der Waals surface area contributed by atoms with Crippen molar-refractivity contribution in [2.24, 2.45) is 0 Å². The lowest BCUT2D eigenvalue weighted by Crippen LogP contribution is -2.22. The van der Waals surface area contributed by atoms with Gasteiger partial charge in [0.15, 0.2) is 0 Å². The van der Waals surface area contributed by atoms with Gasteiger partial charge in [0.05, 0.1) is 22.7 Å². The third-order valence-electron chi connectivity index (χ3n) is 6.96. The molecule has 0 fully saturated rings. The summed E-state index contributed by atoms with van der Waals surface area (Å²) in [4.78, 5) is 14.5. The van der Waals surface area contributed by atoms with Gasteiger partial charge in [0.25, 0.3) is 0 Å². The first-order chi connectivity index (χ1) is 17.3. The number of nitrogens with zero attached hydrogens (tertiary/aromatic N) is 4. The summed E-state index contributed by atoms with van der Waals surface area (Å²) in [6.45, 7) is 1.98. The molecule has 4 heteroatoms. The summed E-state index contributed by atoms with van der Waals surface area (Å²) >= 11 is 0. The molecule has 4 nitrogen and oxygen atoms in total. The number of anilines is 6. The maximum Gasteiger partial charge on any atom is 0.143 e. The highest BCUT2D eigenvalue weighted by Crippen LogP contribution is 2.46. The molecule has 0 saturated carbocycles. The minimum Gasteiger partial charge on any atom is -0.294 e. The van der Waals surface area contributed by atoms with Gasteiger partial charge in [-0.15, -0.1) is 0 Å². The number of hydrogen-bond acceptors (Lipinski definition) is 4. The van der Waals surface area contributed by atoms with Crippen molar-refractivity contribution in [1.29, 1.82) is 0 Å². The molecule has 0 saturated heterocycles. The molecule has 2 aliphatic rings. The topological polar surface area (TPSA) is 32.3 Å². The van der Waals surface area contributed by atoms with Crippen molar-refractivity contribution in [2.45, 2.75) is 19.8 Å². The van der Waals surface area contributed by atoms with Gasteiger partial charge < -0.3 is 0 Å². The van der Waals surface area contributed by atoms with Gasteiger partial charge in [-0.05, 0) is 53.4 Å². The smallest absolute Gasteiger partial charge is 0.143 e. The average molecular weight is 453 g/mol. The Morgan fingerprint density at radius 3 is 1.14 bits per heavy atom. The summed E-state index contributed by atoms with van der Waals surface area (Å²) in [6.07, 6.45) is 1.85. The summed E-state index contributed by atoms with van der Waals surface area (Å²) < 4.78 is 0. The quantitative estimate of drug-likeness (QED) is 0.271. The van der Waals surface area contributed by atoms with Crippen molar-refractivity contribution in [3.05, 3.63) is 131 Å². The van der Waals surface area contributed by atoms with E-state index in [1.165, 1.54) is 45.0 Å². The van der Waals surface area contributed by atoms with Crippen molar-refractivity contribution in [3.63, 3.8) is 0 Å². The van der Waals surface area contributed by atoms with Crippen LogP contribution in [-0.4, -0.2) is 9.97 Å². The Kier molecular flexibility index (Phi) is 4.46. The Balaban J connectivity index is 1.45. The maximum absolute atomic E-state index is 4.95. The fourth-order valence-corrected chi connectivity index (χ4v) is 5.44. The number of aromatic nitrogens is 2. The Morgan fingerprint density at radius 1 is 0.486 bits per heavy atom. The predicted molar refractivity (Wildman–Crippen MR) is 142 cm³/mol. The molecule has 35 heavy (non-hydrogen) atoms. The minimum absolute atomic E-state index is 0.749. The van der Waals surface area contributed by atoms with Crippen LogP contribution in [0.2, 0.25) is 0 Å². The van der Waals surface area contributed by atoms with E-state index in [2.05, 4.69) is 113 Å². The Morgan fingerprint density at radius 2 is 0.800 bits per heavy atom. The van der Waals surface area contributed by atoms with Crippen molar-refractivity contribution >= 4 is 34.4 Å². The van der Waals surface area contributed by atoms with Crippen LogP contribution in [0.25, 0.3) is 0 Å². The van der Waals surface area contributed by atoms with Crippen LogP contribution in [0.1, 0.15) is 28.1 Å². The summed E-state index contributed by atoms with van der Waals surface area (Å²) in [5.74, 6) is 2.51. The van der Waals surface area contributed by atoms with E-state index < -0.39 is 0 Å². The molecule has 0 spiro atoms. The van der Waals surface area contributed by atoms with Crippen LogP contribution in [0.3, 0.4) is 0 Å². The zero-order valence-corrected chi connectivity index (χ0v) is 19.5. The van der Waals surface area contributed by atoms with Gasteiger partial charge >= 0.3 is 0 Å². The molecule has 3 heterocycles. The number of benzene rings is 4. The normalized spacial score (nSPS) is 13.5. The lowest BCUT2D eigenvalue weighted by molar-refractivity contribution is 0.980. The lowest BCUT2D eigenvalue weighted by Gasteiger charge is -2.35. The molecule has 0 amide bonds. The zero-order chi connectivity index (χ0) is 23.4. The third kappa shape index (κ3) is 3.22. The van der Waals surface area contributed by atoms with E-state index in [9.17, 15) is 0 Å². The maximum atomic E-state index is 4.95. The van der Waals surface area contributed by atoms with Crippen LogP contribution < -0.4 is 9.80 Å². The van der Waals surface area contributed by atoms with E-state index in [1.807, 2.05) is 6.92 Å². The van der Waals surface area contributed by atoms with E-state index in [0.717, 1.165) is 30.3 Å². The summed E-state index contributed by atoms with van der Waals surface area (Å²) in [7, 11) is 0. The molecule has 0 atom stereocenters. The number of hydrogen-bond donors (Lipinski definition) is 0. The molecule has 0 radical (unpaired) electrons. The van der Waals surface area contributed by atoms with Crippen molar-refractivity contribution in [2.75, 3.05) is 9.80 Å². The molecule has 0 unspecified atom stereocenters. The van der Waals surface area contributed by atoms with Crippen molar-refractivity contribution < 1.29 is 0 Å².